The molecule has 1 heterocycles. The summed E-state index contributed by atoms with van der Waals surface area (Å²) in [6, 6.07) is 2.66. The fourth-order valence-electron chi connectivity index (χ4n) is 4.19. The van der Waals surface area contributed by atoms with Gasteiger partial charge in [0.1, 0.15) is 0 Å². The van der Waals surface area contributed by atoms with Crippen LogP contribution in [-0.4, -0.2) is 21.1 Å². The van der Waals surface area contributed by atoms with Gasteiger partial charge >= 0.3 is 186 Å². The second-order valence-electron chi connectivity index (χ2n) is 8.66. The van der Waals surface area contributed by atoms with Gasteiger partial charge in [0.2, 0.25) is 0 Å². The van der Waals surface area contributed by atoms with Crippen LogP contribution in [0.4, 0.5) is 0 Å². The zero-order chi connectivity index (χ0) is 20.0. The molecule has 27 heavy (non-hydrogen) atoms. The van der Waals surface area contributed by atoms with E-state index < -0.39 is 21.1 Å². The molecule has 0 aromatic carbocycles. The summed E-state index contributed by atoms with van der Waals surface area (Å²) in [5.74, 6) is 0.905. The number of unbranched alkanes of at least 4 members (excludes halogenated alkanes) is 4. The minimum atomic E-state index is -0.522. The molecule has 2 heteroatoms. The van der Waals surface area contributed by atoms with Gasteiger partial charge in [0.05, 0.1) is 0 Å². The van der Waals surface area contributed by atoms with E-state index in [1.54, 1.807) is 5.56 Å². The molecule has 0 aliphatic rings. The topological polar surface area (TPSA) is 0 Å². The van der Waals surface area contributed by atoms with Gasteiger partial charge in [-0.25, -0.2) is 0 Å². The van der Waals surface area contributed by atoms with E-state index in [1.807, 2.05) is 2.89 Å². The van der Waals surface area contributed by atoms with Crippen molar-refractivity contribution in [3.63, 3.8) is 0 Å². The van der Waals surface area contributed by atoms with E-state index in [0.29, 0.717) is 0 Å². The van der Waals surface area contributed by atoms with Crippen molar-refractivity contribution in [2.45, 2.75) is 128 Å². The van der Waals surface area contributed by atoms with E-state index in [1.165, 1.54) is 89.9 Å². The summed E-state index contributed by atoms with van der Waals surface area (Å²) in [5, 5.41) is 2.52. The summed E-state index contributed by atoms with van der Waals surface area (Å²) < 4.78 is 2.57. The molecular formula is C25H46SSn. The van der Waals surface area contributed by atoms with Crippen LogP contribution < -0.4 is 2.89 Å². The summed E-state index contributed by atoms with van der Waals surface area (Å²) in [5.41, 5.74) is 1.66. The van der Waals surface area contributed by atoms with Gasteiger partial charge in [-0.05, 0) is 0 Å². The first-order chi connectivity index (χ1) is 13.1. The third-order valence-electron chi connectivity index (χ3n) is 6.14. The van der Waals surface area contributed by atoms with E-state index in [9.17, 15) is 0 Å². The number of hydrogen-bond acceptors (Lipinski definition) is 1. The second kappa shape index (κ2) is 15.4. The Morgan fingerprint density at radius 3 is 1.89 bits per heavy atom. The predicted octanol–water partition coefficient (Wildman–Crippen LogP) is 8.57. The molecule has 156 valence electrons. The Morgan fingerprint density at radius 1 is 0.852 bits per heavy atom. The van der Waals surface area contributed by atoms with Gasteiger partial charge in [-0.2, -0.15) is 0 Å². The SMILES string of the molecule is CCCCC(CC)Cc1cs[c]([Sn][C](CCCC)(CCCC)CCCC)c1. The first kappa shape index (κ1) is 25.5. The molecule has 0 nitrogen and oxygen atoms in total. The zero-order valence-corrected chi connectivity index (χ0v) is 22.7. The molecule has 2 radical (unpaired) electrons. The van der Waals surface area contributed by atoms with Gasteiger partial charge in [-0.3, -0.25) is 0 Å². The Bertz CT molecular complexity index is 443. The molecule has 0 saturated heterocycles. The molecule has 0 aliphatic carbocycles. The van der Waals surface area contributed by atoms with Crippen LogP contribution in [0, 0.1) is 5.92 Å². The van der Waals surface area contributed by atoms with Crippen molar-refractivity contribution in [2.75, 3.05) is 0 Å². The Labute approximate surface area is 185 Å². The molecule has 0 fully saturated rings. The Morgan fingerprint density at radius 2 is 1.41 bits per heavy atom. The third kappa shape index (κ3) is 10.2. The Kier molecular flexibility index (Phi) is 14.5. The zero-order valence-electron chi connectivity index (χ0n) is 19.0. The van der Waals surface area contributed by atoms with Crippen LogP contribution >= 0.6 is 11.3 Å². The van der Waals surface area contributed by atoms with Crippen molar-refractivity contribution in [1.82, 2.24) is 0 Å². The number of thiophene rings is 1. The van der Waals surface area contributed by atoms with Crippen LogP contribution in [-0.2, 0) is 6.42 Å². The first-order valence-electron chi connectivity index (χ1n) is 12.0. The van der Waals surface area contributed by atoms with Crippen LogP contribution in [0.25, 0.3) is 0 Å². The molecule has 0 spiro atoms. The quantitative estimate of drug-likeness (QED) is 0.189. The molecule has 0 aliphatic heterocycles. The number of rotatable bonds is 17. The Hall–Kier alpha value is 0.499. The average Bonchev–Trinajstić information content (AvgIpc) is 3.12. The summed E-state index contributed by atoms with van der Waals surface area (Å²) in [6.45, 7) is 11.8. The van der Waals surface area contributed by atoms with Crippen molar-refractivity contribution in [3.05, 3.63) is 17.0 Å². The van der Waals surface area contributed by atoms with Gasteiger partial charge in [-0.1, -0.05) is 0 Å². The monoisotopic (exact) mass is 498 g/mol. The normalized spacial score (nSPS) is 13.2. The summed E-state index contributed by atoms with van der Waals surface area (Å²) in [7, 11) is 0. The van der Waals surface area contributed by atoms with E-state index >= 15 is 0 Å². The van der Waals surface area contributed by atoms with Gasteiger partial charge in [0, 0.05) is 0 Å². The van der Waals surface area contributed by atoms with Gasteiger partial charge in [0.25, 0.3) is 0 Å². The molecule has 0 saturated carbocycles. The molecule has 1 rings (SSSR count). The Balaban J connectivity index is 2.82. The van der Waals surface area contributed by atoms with Gasteiger partial charge in [0.15, 0.2) is 0 Å². The molecule has 0 bridgehead atoms. The third-order valence-corrected chi connectivity index (χ3v) is 13.4. The molecule has 1 aromatic rings. The van der Waals surface area contributed by atoms with Crippen LogP contribution in [0.15, 0.2) is 11.4 Å². The molecule has 1 aromatic heterocycles. The van der Waals surface area contributed by atoms with Crippen LogP contribution in [0.5, 0.6) is 0 Å². The van der Waals surface area contributed by atoms with Crippen LogP contribution in [0.1, 0.15) is 124 Å². The van der Waals surface area contributed by atoms with Crippen molar-refractivity contribution in [1.29, 1.82) is 0 Å². The fraction of sp³-hybridized carbons (Fsp3) is 0.840. The van der Waals surface area contributed by atoms with Crippen molar-refractivity contribution < 1.29 is 0 Å². The summed E-state index contributed by atoms with van der Waals surface area (Å²) >= 11 is 1.61. The van der Waals surface area contributed by atoms with E-state index in [4.69, 9.17) is 0 Å². The van der Waals surface area contributed by atoms with E-state index in [-0.39, 0.29) is 0 Å². The van der Waals surface area contributed by atoms with Crippen molar-refractivity contribution in [2.24, 2.45) is 5.92 Å². The molecule has 1 unspecified atom stereocenters. The maximum absolute atomic E-state index is 2.66. The van der Waals surface area contributed by atoms with Crippen LogP contribution in [0.2, 0.25) is 3.43 Å². The second-order valence-corrected chi connectivity index (χ2v) is 15.9. The predicted molar refractivity (Wildman–Crippen MR) is 128 cm³/mol. The summed E-state index contributed by atoms with van der Waals surface area (Å²) in [6.07, 6.45) is 19.8. The van der Waals surface area contributed by atoms with Crippen molar-refractivity contribution in [3.8, 4) is 0 Å². The first-order valence-corrected chi connectivity index (χ1v) is 15.7. The maximum atomic E-state index is 2.66. The fourth-order valence-corrected chi connectivity index (χ4v) is 12.2. The molecular weight excluding hydrogens is 451 g/mol. The van der Waals surface area contributed by atoms with E-state index in [0.717, 1.165) is 9.35 Å². The minimum absolute atomic E-state index is 0.522. The average molecular weight is 497 g/mol. The van der Waals surface area contributed by atoms with Crippen molar-refractivity contribution >= 4 is 35.4 Å². The molecule has 0 N–H and O–H groups in total. The number of hydrogen-bond donors (Lipinski definition) is 0. The van der Waals surface area contributed by atoms with Gasteiger partial charge in [-0.15, -0.1) is 0 Å². The van der Waals surface area contributed by atoms with Gasteiger partial charge < -0.3 is 0 Å². The summed E-state index contributed by atoms with van der Waals surface area (Å²) in [4.78, 5) is 0. The van der Waals surface area contributed by atoms with Crippen LogP contribution in [0.3, 0.4) is 0 Å². The standard InChI is InChI=1S/C13H27.C12H19S.Sn/c1-4-7-10-13(11-8-5-2)12-9-6-3;1-3-5-6-11(4-2)9-12-7-8-13-10-12;/h4-12H2,1-3H3;7,10-11H,3-6,9H2,1-2H3;. The molecule has 0 amide bonds. The van der Waals surface area contributed by atoms with E-state index in [2.05, 4.69) is 57.4 Å². The molecule has 1 atom stereocenters.